The van der Waals surface area contributed by atoms with Crippen molar-refractivity contribution < 1.29 is 4.79 Å². The van der Waals surface area contributed by atoms with Crippen LogP contribution in [0.1, 0.15) is 37.2 Å². The predicted octanol–water partition coefficient (Wildman–Crippen LogP) is 2.36. The van der Waals surface area contributed by atoms with Crippen LogP contribution in [-0.2, 0) is 0 Å². The molecule has 1 heterocycles. The highest BCUT2D eigenvalue weighted by Gasteiger charge is 2.15. The number of hydrogen-bond donors (Lipinski definition) is 1. The van der Waals surface area contributed by atoms with Crippen molar-refractivity contribution in [1.29, 1.82) is 0 Å². The molecule has 1 aromatic rings. The Bertz CT molecular complexity index is 342. The number of ketones is 1. The number of hydrogen-bond acceptors (Lipinski definition) is 2. The molecular formula is C10H15BrN2O. The van der Waals surface area contributed by atoms with Gasteiger partial charge in [0.05, 0.1) is 10.6 Å². The van der Waals surface area contributed by atoms with Crippen LogP contribution in [0.3, 0.4) is 0 Å². The summed E-state index contributed by atoms with van der Waals surface area (Å²) in [5, 5.41) is 0. The molecule has 0 amide bonds. The fraction of sp³-hybridized carbons (Fsp3) is 0.500. The highest BCUT2D eigenvalue weighted by molar-refractivity contribution is 9.10. The maximum atomic E-state index is 11.6. The van der Waals surface area contributed by atoms with Gasteiger partial charge in [0, 0.05) is 17.8 Å². The van der Waals surface area contributed by atoms with Crippen LogP contribution in [0.15, 0.2) is 16.9 Å². The Morgan fingerprint density at radius 2 is 2.07 bits per heavy atom. The molecule has 1 atom stereocenters. The standard InChI is InChI=1S/C10H15BrN2O/c1-6(2)13-5-8(4-9(13)11)10(14)7(3)12/h4-7H,12H2,1-3H3. The highest BCUT2D eigenvalue weighted by Crippen LogP contribution is 2.20. The maximum Gasteiger partial charge on any atom is 0.180 e. The topological polar surface area (TPSA) is 48.0 Å². The average molecular weight is 259 g/mol. The molecule has 0 aliphatic heterocycles. The first kappa shape index (κ1) is 11.5. The van der Waals surface area contributed by atoms with E-state index < -0.39 is 6.04 Å². The van der Waals surface area contributed by atoms with Crippen molar-refractivity contribution in [1.82, 2.24) is 4.57 Å². The lowest BCUT2D eigenvalue weighted by atomic mass is 10.1. The number of rotatable bonds is 3. The van der Waals surface area contributed by atoms with Crippen molar-refractivity contribution >= 4 is 21.7 Å². The Morgan fingerprint density at radius 1 is 1.50 bits per heavy atom. The monoisotopic (exact) mass is 258 g/mol. The summed E-state index contributed by atoms with van der Waals surface area (Å²) in [6.45, 7) is 5.82. The minimum atomic E-state index is -0.440. The average Bonchev–Trinajstić information content (AvgIpc) is 2.45. The molecule has 78 valence electrons. The molecule has 0 spiro atoms. The van der Waals surface area contributed by atoms with Gasteiger partial charge in [-0.15, -0.1) is 0 Å². The second-order valence-corrected chi connectivity index (χ2v) is 4.52. The molecule has 14 heavy (non-hydrogen) atoms. The van der Waals surface area contributed by atoms with Crippen LogP contribution in [0.5, 0.6) is 0 Å². The van der Waals surface area contributed by atoms with Gasteiger partial charge < -0.3 is 10.3 Å². The second kappa shape index (κ2) is 4.28. The van der Waals surface area contributed by atoms with Gasteiger partial charge in [0.15, 0.2) is 5.78 Å². The molecule has 0 aliphatic rings. The second-order valence-electron chi connectivity index (χ2n) is 3.71. The van der Waals surface area contributed by atoms with E-state index in [4.69, 9.17) is 5.73 Å². The summed E-state index contributed by atoms with van der Waals surface area (Å²) >= 11 is 3.41. The zero-order valence-corrected chi connectivity index (χ0v) is 10.2. The maximum absolute atomic E-state index is 11.6. The van der Waals surface area contributed by atoms with Gasteiger partial charge in [-0.1, -0.05) is 0 Å². The minimum absolute atomic E-state index is 0.0231. The summed E-state index contributed by atoms with van der Waals surface area (Å²) in [6.07, 6.45) is 1.83. The predicted molar refractivity (Wildman–Crippen MR) is 60.5 cm³/mol. The van der Waals surface area contributed by atoms with Crippen molar-refractivity contribution in [3.63, 3.8) is 0 Å². The first-order chi connectivity index (χ1) is 6.43. The quantitative estimate of drug-likeness (QED) is 0.847. The summed E-state index contributed by atoms with van der Waals surface area (Å²) in [5.74, 6) is -0.0231. The molecule has 0 saturated carbocycles. The van der Waals surface area contributed by atoms with E-state index in [2.05, 4.69) is 29.8 Å². The third-order valence-electron chi connectivity index (χ3n) is 2.05. The Kier molecular flexibility index (Phi) is 3.50. The number of Topliss-reactive ketones (excluding diaryl/α,β-unsaturated/α-hetero) is 1. The van der Waals surface area contributed by atoms with E-state index in [1.165, 1.54) is 0 Å². The van der Waals surface area contributed by atoms with Crippen LogP contribution in [0.2, 0.25) is 0 Å². The first-order valence-electron chi connectivity index (χ1n) is 4.60. The summed E-state index contributed by atoms with van der Waals surface area (Å²) in [6, 6.07) is 1.70. The molecule has 1 rings (SSSR count). The summed E-state index contributed by atoms with van der Waals surface area (Å²) in [7, 11) is 0. The van der Waals surface area contributed by atoms with Crippen LogP contribution < -0.4 is 5.73 Å². The molecule has 1 aromatic heterocycles. The van der Waals surface area contributed by atoms with Gasteiger partial charge in [0.1, 0.15) is 0 Å². The van der Waals surface area contributed by atoms with Crippen LogP contribution in [0.4, 0.5) is 0 Å². The fourth-order valence-corrected chi connectivity index (χ4v) is 2.00. The van der Waals surface area contributed by atoms with E-state index in [9.17, 15) is 4.79 Å². The molecule has 0 aromatic carbocycles. The molecule has 0 aliphatic carbocycles. The van der Waals surface area contributed by atoms with Gasteiger partial charge >= 0.3 is 0 Å². The number of nitrogens with zero attached hydrogens (tertiary/aromatic N) is 1. The van der Waals surface area contributed by atoms with Gasteiger partial charge in [-0.05, 0) is 42.8 Å². The van der Waals surface area contributed by atoms with Crippen molar-refractivity contribution in [2.45, 2.75) is 32.9 Å². The Balaban J connectivity index is 3.02. The van der Waals surface area contributed by atoms with Crippen LogP contribution in [-0.4, -0.2) is 16.4 Å². The van der Waals surface area contributed by atoms with E-state index in [1.807, 2.05) is 16.8 Å². The molecule has 0 bridgehead atoms. The Labute approximate surface area is 92.4 Å². The van der Waals surface area contributed by atoms with Gasteiger partial charge in [-0.25, -0.2) is 0 Å². The molecule has 2 N–H and O–H groups in total. The van der Waals surface area contributed by atoms with Crippen LogP contribution in [0, 0.1) is 0 Å². The number of carbonyl (C=O) groups is 1. The lowest BCUT2D eigenvalue weighted by Crippen LogP contribution is -2.26. The number of halogens is 1. The summed E-state index contributed by atoms with van der Waals surface area (Å²) in [5.41, 5.74) is 6.20. The zero-order chi connectivity index (χ0) is 10.9. The molecule has 0 saturated heterocycles. The number of carbonyl (C=O) groups excluding carboxylic acids is 1. The molecule has 3 nitrogen and oxygen atoms in total. The highest BCUT2D eigenvalue weighted by atomic mass is 79.9. The SMILES string of the molecule is CC(N)C(=O)c1cc(Br)n(C(C)C)c1. The third-order valence-corrected chi connectivity index (χ3v) is 2.69. The smallest absolute Gasteiger partial charge is 0.180 e. The van der Waals surface area contributed by atoms with Gasteiger partial charge in [-0.3, -0.25) is 4.79 Å². The van der Waals surface area contributed by atoms with E-state index >= 15 is 0 Å². The zero-order valence-electron chi connectivity index (χ0n) is 8.62. The lowest BCUT2D eigenvalue weighted by Gasteiger charge is -2.08. The van der Waals surface area contributed by atoms with E-state index in [1.54, 1.807) is 6.92 Å². The van der Waals surface area contributed by atoms with Gasteiger partial charge in [0.25, 0.3) is 0 Å². The fourth-order valence-electron chi connectivity index (χ4n) is 1.25. The van der Waals surface area contributed by atoms with Crippen molar-refractivity contribution in [2.24, 2.45) is 5.73 Å². The molecule has 4 heteroatoms. The molecule has 0 radical (unpaired) electrons. The summed E-state index contributed by atoms with van der Waals surface area (Å²) in [4.78, 5) is 11.6. The van der Waals surface area contributed by atoms with E-state index in [-0.39, 0.29) is 5.78 Å². The van der Waals surface area contributed by atoms with Crippen molar-refractivity contribution in [3.05, 3.63) is 22.4 Å². The normalized spacial score (nSPS) is 13.3. The lowest BCUT2D eigenvalue weighted by molar-refractivity contribution is 0.0968. The van der Waals surface area contributed by atoms with Crippen molar-refractivity contribution in [3.8, 4) is 0 Å². The van der Waals surface area contributed by atoms with Gasteiger partial charge in [-0.2, -0.15) is 0 Å². The van der Waals surface area contributed by atoms with Crippen LogP contribution >= 0.6 is 15.9 Å². The Hall–Kier alpha value is -0.610. The van der Waals surface area contributed by atoms with Crippen LogP contribution in [0.25, 0.3) is 0 Å². The van der Waals surface area contributed by atoms with Crippen molar-refractivity contribution in [2.75, 3.05) is 0 Å². The first-order valence-corrected chi connectivity index (χ1v) is 5.40. The van der Waals surface area contributed by atoms with E-state index in [0.29, 0.717) is 11.6 Å². The molecule has 0 fully saturated rings. The van der Waals surface area contributed by atoms with Gasteiger partial charge in [0.2, 0.25) is 0 Å². The Morgan fingerprint density at radius 3 is 2.43 bits per heavy atom. The molecule has 1 unspecified atom stereocenters. The minimum Gasteiger partial charge on any atom is -0.339 e. The number of aromatic nitrogens is 1. The van der Waals surface area contributed by atoms with E-state index in [0.717, 1.165) is 4.60 Å². The summed E-state index contributed by atoms with van der Waals surface area (Å²) < 4.78 is 2.91. The number of nitrogens with two attached hydrogens (primary N) is 1. The molecular weight excluding hydrogens is 244 g/mol. The third kappa shape index (κ3) is 2.25. The largest absolute Gasteiger partial charge is 0.339 e.